The van der Waals surface area contributed by atoms with E-state index < -0.39 is 8.07 Å². The van der Waals surface area contributed by atoms with E-state index in [2.05, 4.69) is 63.4 Å². The molecule has 2 aliphatic rings. The summed E-state index contributed by atoms with van der Waals surface area (Å²) < 4.78 is 0. The van der Waals surface area contributed by atoms with Crippen LogP contribution in [-0.2, 0) is 0 Å². The smallest absolute Gasteiger partial charge is 0.0711 e. The molecule has 94 valence electrons. The van der Waals surface area contributed by atoms with Gasteiger partial charge < -0.3 is 0 Å². The van der Waals surface area contributed by atoms with Gasteiger partial charge in [0.15, 0.2) is 0 Å². The van der Waals surface area contributed by atoms with Crippen LogP contribution in [-0.4, -0.2) is 8.07 Å². The zero-order valence-electron chi connectivity index (χ0n) is 11.5. The lowest BCUT2D eigenvalue weighted by molar-refractivity contribution is 1.03. The molecule has 18 heavy (non-hydrogen) atoms. The third-order valence-corrected chi connectivity index (χ3v) is 9.76. The Bertz CT molecular complexity index is 560. The Morgan fingerprint density at radius 2 is 1.78 bits per heavy atom. The molecule has 2 heteroatoms. The Hall–Kier alpha value is -0.863. The summed E-state index contributed by atoms with van der Waals surface area (Å²) in [6.07, 6.45) is 11.7. The van der Waals surface area contributed by atoms with E-state index in [0.717, 1.165) is 0 Å². The van der Waals surface area contributed by atoms with Crippen LogP contribution < -0.4 is 0 Å². The van der Waals surface area contributed by atoms with Crippen molar-refractivity contribution in [1.29, 1.82) is 0 Å². The maximum absolute atomic E-state index is 2.54. The summed E-state index contributed by atoms with van der Waals surface area (Å²) in [5.41, 5.74) is 4.59. The zero-order chi connectivity index (χ0) is 12.9. The van der Waals surface area contributed by atoms with Gasteiger partial charge in [0.05, 0.1) is 8.07 Å². The minimum atomic E-state index is -1.37. The van der Waals surface area contributed by atoms with E-state index in [9.17, 15) is 0 Å². The van der Waals surface area contributed by atoms with E-state index >= 15 is 0 Å². The fourth-order valence-electron chi connectivity index (χ4n) is 3.53. The topological polar surface area (TPSA) is 0 Å². The number of thiophene rings is 1. The molecule has 1 aromatic rings. The van der Waals surface area contributed by atoms with Crippen LogP contribution in [0.1, 0.15) is 27.8 Å². The van der Waals surface area contributed by atoms with Crippen LogP contribution in [0.25, 0.3) is 6.08 Å². The van der Waals surface area contributed by atoms with Crippen LogP contribution in [0.3, 0.4) is 0 Å². The summed E-state index contributed by atoms with van der Waals surface area (Å²) in [6.45, 7) is 9.64. The van der Waals surface area contributed by atoms with Gasteiger partial charge in [0.1, 0.15) is 0 Å². The first-order chi connectivity index (χ1) is 8.50. The number of aryl methyl sites for hydroxylation is 1. The van der Waals surface area contributed by atoms with E-state index in [4.69, 9.17) is 0 Å². The van der Waals surface area contributed by atoms with Crippen molar-refractivity contribution in [3.8, 4) is 0 Å². The molecule has 0 fully saturated rings. The van der Waals surface area contributed by atoms with Gasteiger partial charge >= 0.3 is 0 Å². The molecule has 0 radical (unpaired) electrons. The molecule has 1 aromatic heterocycles. The molecule has 2 aliphatic carbocycles. The van der Waals surface area contributed by atoms with Gasteiger partial charge in [-0.15, -0.1) is 11.3 Å². The highest BCUT2D eigenvalue weighted by Crippen LogP contribution is 2.49. The normalized spacial score (nSPS) is 22.7. The molecule has 0 nitrogen and oxygen atoms in total. The Kier molecular flexibility index (Phi) is 2.76. The molecule has 1 unspecified atom stereocenters. The third-order valence-electron chi connectivity index (χ3n) is 4.39. The number of hydrogen-bond donors (Lipinski definition) is 0. The number of allylic oxidation sites excluding steroid dienone is 5. The van der Waals surface area contributed by atoms with Crippen LogP contribution in [0.2, 0.25) is 18.6 Å². The highest BCUT2D eigenvalue weighted by Gasteiger charge is 2.42. The van der Waals surface area contributed by atoms with Crippen molar-refractivity contribution in [3.63, 3.8) is 0 Å². The summed E-state index contributed by atoms with van der Waals surface area (Å²) in [4.78, 5) is 2.97. The first-order valence-corrected chi connectivity index (χ1v) is 10.6. The molecule has 3 rings (SSSR count). The summed E-state index contributed by atoms with van der Waals surface area (Å²) in [5.74, 6) is 0. The van der Waals surface area contributed by atoms with Crippen molar-refractivity contribution in [2.45, 2.75) is 38.0 Å². The predicted molar refractivity (Wildman–Crippen MR) is 85.0 cm³/mol. The lowest BCUT2D eigenvalue weighted by atomic mass is 10.2. The molecule has 0 amide bonds. The van der Waals surface area contributed by atoms with Gasteiger partial charge in [0.2, 0.25) is 0 Å². The highest BCUT2D eigenvalue weighted by atomic mass is 32.1. The zero-order valence-corrected chi connectivity index (χ0v) is 13.3. The van der Waals surface area contributed by atoms with Crippen LogP contribution in [0, 0.1) is 6.92 Å². The summed E-state index contributed by atoms with van der Waals surface area (Å²) in [7, 11) is -1.37. The summed E-state index contributed by atoms with van der Waals surface area (Å²) in [6, 6.07) is 2.43. The van der Waals surface area contributed by atoms with E-state index in [1.807, 2.05) is 11.3 Å². The van der Waals surface area contributed by atoms with E-state index in [1.54, 1.807) is 11.1 Å². The maximum Gasteiger partial charge on any atom is 0.0711 e. The lowest BCUT2D eigenvalue weighted by Crippen LogP contribution is -2.38. The first-order valence-electron chi connectivity index (χ1n) is 6.63. The Labute approximate surface area is 115 Å². The molecule has 0 spiro atoms. The van der Waals surface area contributed by atoms with Crippen molar-refractivity contribution in [1.82, 2.24) is 0 Å². The molecule has 0 aliphatic heterocycles. The van der Waals surface area contributed by atoms with Crippen molar-refractivity contribution in [3.05, 3.63) is 51.3 Å². The van der Waals surface area contributed by atoms with Gasteiger partial charge in [-0.25, -0.2) is 0 Å². The number of rotatable bonds is 2. The minimum absolute atomic E-state index is 0.692. The predicted octanol–water partition coefficient (Wildman–Crippen LogP) is 5.30. The maximum atomic E-state index is 2.54. The second kappa shape index (κ2) is 4.07. The Morgan fingerprint density at radius 1 is 1.11 bits per heavy atom. The molecular formula is C16H20SSi. The molecule has 0 N–H and O–H groups in total. The van der Waals surface area contributed by atoms with E-state index in [1.165, 1.54) is 9.75 Å². The van der Waals surface area contributed by atoms with Crippen molar-refractivity contribution in [2.75, 3.05) is 0 Å². The lowest BCUT2D eigenvalue weighted by Gasteiger charge is -2.35. The largest absolute Gasteiger partial charge is 0.141 e. The average molecular weight is 272 g/mol. The number of fused-ring (bicyclic) bond motifs is 1. The average Bonchev–Trinajstić information content (AvgIpc) is 2.92. The van der Waals surface area contributed by atoms with Crippen LogP contribution in [0.4, 0.5) is 0 Å². The molecule has 1 heterocycles. The van der Waals surface area contributed by atoms with Crippen LogP contribution in [0.15, 0.2) is 35.9 Å². The van der Waals surface area contributed by atoms with Gasteiger partial charge in [0.25, 0.3) is 0 Å². The SMILES string of the molecule is CC1=Cc2sc(C)cc2C1[Si](C)(C)C1C=CC=C1. The Balaban J connectivity index is 2.04. The third kappa shape index (κ3) is 1.70. The molecule has 0 saturated carbocycles. The van der Waals surface area contributed by atoms with Crippen molar-refractivity contribution >= 4 is 25.5 Å². The monoisotopic (exact) mass is 272 g/mol. The fourth-order valence-corrected chi connectivity index (χ4v) is 8.61. The molecule has 1 atom stereocenters. The van der Waals surface area contributed by atoms with Gasteiger partial charge in [0, 0.05) is 15.3 Å². The quantitative estimate of drug-likeness (QED) is 0.641. The molecule has 0 aromatic carbocycles. The summed E-state index contributed by atoms with van der Waals surface area (Å²) >= 11 is 1.95. The van der Waals surface area contributed by atoms with Crippen LogP contribution >= 0.6 is 11.3 Å². The Morgan fingerprint density at radius 3 is 2.44 bits per heavy atom. The second-order valence-corrected chi connectivity index (χ2v) is 12.3. The van der Waals surface area contributed by atoms with Gasteiger partial charge in [-0.1, -0.05) is 43.0 Å². The molecule has 0 saturated heterocycles. The van der Waals surface area contributed by atoms with Gasteiger partial charge in [-0.2, -0.15) is 0 Å². The standard InChI is InChI=1S/C16H20SSi/c1-11-9-15-14(10-12(2)17-15)16(11)18(3,4)13-7-5-6-8-13/h5-10,13,16H,1-4H3. The van der Waals surface area contributed by atoms with Gasteiger partial charge in [-0.3, -0.25) is 0 Å². The number of hydrogen-bond acceptors (Lipinski definition) is 1. The van der Waals surface area contributed by atoms with Crippen LogP contribution in [0.5, 0.6) is 0 Å². The molecular weight excluding hydrogens is 252 g/mol. The van der Waals surface area contributed by atoms with E-state index in [-0.39, 0.29) is 0 Å². The van der Waals surface area contributed by atoms with Gasteiger partial charge in [-0.05, 0) is 37.1 Å². The molecule has 0 bridgehead atoms. The first kappa shape index (κ1) is 12.2. The second-order valence-electron chi connectivity index (χ2n) is 6.11. The highest BCUT2D eigenvalue weighted by molar-refractivity contribution is 7.13. The van der Waals surface area contributed by atoms with Crippen molar-refractivity contribution in [2.24, 2.45) is 0 Å². The fraction of sp³-hybridized carbons (Fsp3) is 0.375. The van der Waals surface area contributed by atoms with E-state index in [0.29, 0.717) is 11.1 Å². The summed E-state index contributed by atoms with van der Waals surface area (Å²) in [5, 5.41) is 0. The van der Waals surface area contributed by atoms with Crippen molar-refractivity contribution < 1.29 is 0 Å². The minimum Gasteiger partial charge on any atom is -0.141 e.